The zero-order chi connectivity index (χ0) is 16.4. The third kappa shape index (κ3) is 2.90. The Morgan fingerprint density at radius 2 is 1.91 bits per heavy atom. The number of benzene rings is 1. The molecular weight excluding hydrogens is 308 g/mol. The monoisotopic (exact) mass is 326 g/mol. The van der Waals surface area contributed by atoms with E-state index in [1.165, 1.54) is 0 Å². The van der Waals surface area contributed by atoms with Crippen LogP contribution in [0.2, 0.25) is 0 Å². The van der Waals surface area contributed by atoms with Gasteiger partial charge in [0.05, 0.1) is 23.8 Å². The predicted octanol–water partition coefficient (Wildman–Crippen LogP) is 3.38. The molecule has 0 saturated heterocycles. The van der Waals surface area contributed by atoms with Gasteiger partial charge in [-0.05, 0) is 37.1 Å². The number of hydrogen-bond acceptors (Lipinski definition) is 4. The highest BCUT2D eigenvalue weighted by Crippen LogP contribution is 2.24. The van der Waals surface area contributed by atoms with Crippen LogP contribution in [0.4, 0.5) is 0 Å². The van der Waals surface area contributed by atoms with Gasteiger partial charge in [-0.2, -0.15) is 12.6 Å². The smallest absolute Gasteiger partial charge is 0.266 e. The molecule has 5 heteroatoms. The Labute approximate surface area is 140 Å². The number of pyridine rings is 1. The maximum atomic E-state index is 13.1. The summed E-state index contributed by atoms with van der Waals surface area (Å²) in [5, 5.41) is 0. The molecule has 118 valence electrons. The first-order chi connectivity index (χ1) is 11.1. The van der Waals surface area contributed by atoms with Crippen LogP contribution in [0.5, 0.6) is 0 Å². The average molecular weight is 326 g/mol. The highest BCUT2D eigenvalue weighted by atomic mass is 32.1. The van der Waals surface area contributed by atoms with Gasteiger partial charge in [0.25, 0.3) is 5.56 Å². The van der Waals surface area contributed by atoms with Crippen molar-refractivity contribution in [2.45, 2.75) is 20.5 Å². The van der Waals surface area contributed by atoms with Crippen molar-refractivity contribution in [1.29, 1.82) is 0 Å². The minimum atomic E-state index is -0.0693. The Balaban J connectivity index is 2.37. The summed E-state index contributed by atoms with van der Waals surface area (Å²) in [4.78, 5) is 17.8. The van der Waals surface area contributed by atoms with Gasteiger partial charge in [-0.1, -0.05) is 30.3 Å². The molecule has 0 spiro atoms. The van der Waals surface area contributed by atoms with Crippen molar-refractivity contribution in [3.63, 3.8) is 0 Å². The Kier molecular flexibility index (Phi) is 4.50. The van der Waals surface area contributed by atoms with Gasteiger partial charge in [0, 0.05) is 5.69 Å². The lowest BCUT2D eigenvalue weighted by Gasteiger charge is -2.14. The number of nitrogens with zero attached hydrogens (tertiary/aromatic N) is 2. The molecule has 4 nitrogen and oxygen atoms in total. The molecule has 0 aliphatic heterocycles. The lowest BCUT2D eigenvalue weighted by molar-refractivity contribution is 0.167. The Bertz CT molecular complexity index is 919. The SMILES string of the molecule is Cc1ccccc1-c1c(COCS)nc2cccc(C)n2c1=O. The normalized spacial score (nSPS) is 11.1. The number of rotatable bonds is 4. The van der Waals surface area contributed by atoms with Gasteiger partial charge in [0.1, 0.15) is 5.65 Å². The fraction of sp³-hybridized carbons (Fsp3) is 0.222. The minimum absolute atomic E-state index is 0.0693. The quantitative estimate of drug-likeness (QED) is 0.590. The minimum Gasteiger partial charge on any atom is -0.365 e. The highest BCUT2D eigenvalue weighted by molar-refractivity contribution is 7.80. The number of thiol groups is 1. The van der Waals surface area contributed by atoms with E-state index in [-0.39, 0.29) is 18.1 Å². The predicted molar refractivity (Wildman–Crippen MR) is 95.0 cm³/mol. The average Bonchev–Trinajstić information content (AvgIpc) is 2.54. The second-order valence-corrected chi connectivity index (χ2v) is 5.65. The summed E-state index contributed by atoms with van der Waals surface area (Å²) in [5.74, 6) is 0.280. The van der Waals surface area contributed by atoms with Crippen LogP contribution in [0, 0.1) is 13.8 Å². The van der Waals surface area contributed by atoms with Crippen molar-refractivity contribution in [2.24, 2.45) is 0 Å². The van der Waals surface area contributed by atoms with E-state index in [9.17, 15) is 4.79 Å². The number of hydrogen-bond donors (Lipinski definition) is 1. The van der Waals surface area contributed by atoms with Crippen LogP contribution in [0.25, 0.3) is 16.8 Å². The number of fused-ring (bicyclic) bond motifs is 1. The molecule has 0 bridgehead atoms. The van der Waals surface area contributed by atoms with E-state index in [0.717, 1.165) is 16.8 Å². The van der Waals surface area contributed by atoms with Crippen LogP contribution in [0.15, 0.2) is 47.3 Å². The summed E-state index contributed by atoms with van der Waals surface area (Å²) in [6.45, 7) is 4.15. The van der Waals surface area contributed by atoms with Gasteiger partial charge in [-0.15, -0.1) is 0 Å². The van der Waals surface area contributed by atoms with Crippen LogP contribution in [-0.2, 0) is 11.3 Å². The van der Waals surface area contributed by atoms with Crippen molar-refractivity contribution >= 4 is 18.3 Å². The maximum Gasteiger partial charge on any atom is 0.266 e. The number of aromatic nitrogens is 2. The van der Waals surface area contributed by atoms with Crippen LogP contribution in [-0.4, -0.2) is 15.3 Å². The van der Waals surface area contributed by atoms with Crippen molar-refractivity contribution in [3.8, 4) is 11.1 Å². The third-order valence-electron chi connectivity index (χ3n) is 3.86. The molecule has 3 aromatic rings. The number of ether oxygens (including phenoxy) is 1. The second kappa shape index (κ2) is 6.56. The van der Waals surface area contributed by atoms with Crippen molar-refractivity contribution in [3.05, 3.63) is 69.8 Å². The van der Waals surface area contributed by atoms with Gasteiger partial charge < -0.3 is 4.74 Å². The number of aryl methyl sites for hydroxylation is 2. The zero-order valence-corrected chi connectivity index (χ0v) is 14.0. The molecular formula is C18H18N2O2S. The van der Waals surface area contributed by atoms with Crippen LogP contribution < -0.4 is 5.56 Å². The van der Waals surface area contributed by atoms with Gasteiger partial charge in [-0.25, -0.2) is 4.98 Å². The van der Waals surface area contributed by atoms with E-state index >= 15 is 0 Å². The van der Waals surface area contributed by atoms with E-state index in [2.05, 4.69) is 17.6 Å². The molecule has 0 atom stereocenters. The molecule has 2 heterocycles. The van der Waals surface area contributed by atoms with Crippen molar-refractivity contribution in [2.75, 3.05) is 5.94 Å². The molecule has 0 saturated carbocycles. The molecule has 1 aromatic carbocycles. The Morgan fingerprint density at radius 1 is 1.13 bits per heavy atom. The molecule has 0 aliphatic carbocycles. The van der Waals surface area contributed by atoms with Crippen molar-refractivity contribution in [1.82, 2.24) is 9.38 Å². The van der Waals surface area contributed by atoms with Gasteiger partial charge >= 0.3 is 0 Å². The Morgan fingerprint density at radius 3 is 2.65 bits per heavy atom. The first-order valence-corrected chi connectivity index (χ1v) is 8.02. The summed E-state index contributed by atoms with van der Waals surface area (Å²) < 4.78 is 7.05. The lowest BCUT2D eigenvalue weighted by atomic mass is 10.00. The molecule has 2 aromatic heterocycles. The summed E-state index contributed by atoms with van der Waals surface area (Å²) in [5.41, 5.74) is 4.58. The fourth-order valence-electron chi connectivity index (χ4n) is 2.75. The summed E-state index contributed by atoms with van der Waals surface area (Å²) in [6, 6.07) is 13.5. The van der Waals surface area contributed by atoms with Gasteiger partial charge in [0.2, 0.25) is 0 Å². The van der Waals surface area contributed by atoms with E-state index < -0.39 is 0 Å². The summed E-state index contributed by atoms with van der Waals surface area (Å²) in [6.07, 6.45) is 0. The van der Waals surface area contributed by atoms with Crippen LogP contribution >= 0.6 is 12.6 Å². The van der Waals surface area contributed by atoms with E-state index in [4.69, 9.17) is 4.74 Å². The van der Waals surface area contributed by atoms with Crippen molar-refractivity contribution < 1.29 is 4.74 Å². The fourth-order valence-corrected chi connectivity index (χ4v) is 2.85. The first-order valence-electron chi connectivity index (χ1n) is 7.39. The summed E-state index contributed by atoms with van der Waals surface area (Å²) >= 11 is 4.08. The zero-order valence-electron chi connectivity index (χ0n) is 13.1. The highest BCUT2D eigenvalue weighted by Gasteiger charge is 2.17. The van der Waals surface area contributed by atoms with E-state index in [1.54, 1.807) is 4.40 Å². The lowest BCUT2D eigenvalue weighted by Crippen LogP contribution is -2.22. The van der Waals surface area contributed by atoms with Crippen LogP contribution in [0.3, 0.4) is 0 Å². The topological polar surface area (TPSA) is 43.6 Å². The van der Waals surface area contributed by atoms with E-state index in [1.807, 2.05) is 56.3 Å². The largest absolute Gasteiger partial charge is 0.365 e. The van der Waals surface area contributed by atoms with Crippen LogP contribution in [0.1, 0.15) is 17.0 Å². The van der Waals surface area contributed by atoms with Gasteiger partial charge in [0.15, 0.2) is 0 Å². The molecule has 0 amide bonds. The molecule has 0 unspecified atom stereocenters. The first kappa shape index (κ1) is 15.8. The Hall–Kier alpha value is -2.11. The third-order valence-corrected chi connectivity index (χ3v) is 4.05. The molecule has 0 radical (unpaired) electrons. The standard InChI is InChI=1S/C18H18N2O2S/c1-12-6-3-4-8-14(12)17-15(10-22-11-23)19-16-9-5-7-13(2)20(16)18(17)21/h3-9,23H,10-11H2,1-2H3. The molecule has 3 rings (SSSR count). The second-order valence-electron chi connectivity index (χ2n) is 5.39. The van der Waals surface area contributed by atoms with E-state index in [0.29, 0.717) is 16.9 Å². The van der Waals surface area contributed by atoms with Gasteiger partial charge in [-0.3, -0.25) is 9.20 Å². The molecule has 23 heavy (non-hydrogen) atoms. The maximum absolute atomic E-state index is 13.1. The molecule has 0 N–H and O–H groups in total. The molecule has 0 aliphatic rings. The molecule has 0 fully saturated rings. The summed E-state index contributed by atoms with van der Waals surface area (Å²) in [7, 11) is 0.